The van der Waals surface area contributed by atoms with E-state index in [1.807, 2.05) is 0 Å². The molecule has 3 N–H and O–H groups in total. The summed E-state index contributed by atoms with van der Waals surface area (Å²) >= 11 is 0. The molecule has 3 atom stereocenters. The first-order valence-corrected chi connectivity index (χ1v) is 13.8. The van der Waals surface area contributed by atoms with E-state index >= 15 is 0 Å². The molecule has 10 nitrogen and oxygen atoms in total. The lowest BCUT2D eigenvalue weighted by molar-refractivity contribution is -0.185. The Morgan fingerprint density at radius 3 is 2.55 bits per heavy atom. The summed E-state index contributed by atoms with van der Waals surface area (Å²) in [6.07, 6.45) is -3.15. The number of rotatable bonds is 6. The van der Waals surface area contributed by atoms with Crippen LogP contribution in [0.5, 0.6) is 0 Å². The van der Waals surface area contributed by atoms with E-state index in [1.165, 1.54) is 30.5 Å². The van der Waals surface area contributed by atoms with Gasteiger partial charge in [-0.15, -0.1) is 0 Å². The molecule has 224 valence electrons. The number of halogens is 3. The lowest BCUT2D eigenvalue weighted by atomic mass is 9.79. The van der Waals surface area contributed by atoms with Gasteiger partial charge in [-0.2, -0.15) is 23.5 Å². The van der Waals surface area contributed by atoms with E-state index in [9.17, 15) is 28.0 Å². The Hall–Kier alpha value is -3.89. The van der Waals surface area contributed by atoms with Crippen molar-refractivity contribution >= 4 is 28.4 Å². The minimum absolute atomic E-state index is 0.000680. The van der Waals surface area contributed by atoms with E-state index in [2.05, 4.69) is 21.7 Å². The Morgan fingerprint density at radius 1 is 1.24 bits per heavy atom. The molecule has 0 radical (unpaired) electrons. The lowest BCUT2D eigenvalue weighted by Gasteiger charge is -2.39. The Balaban J connectivity index is 1.46. The van der Waals surface area contributed by atoms with Crippen LogP contribution in [-0.2, 0) is 25.2 Å². The molecule has 13 heteroatoms. The van der Waals surface area contributed by atoms with Gasteiger partial charge in [-0.05, 0) is 70.3 Å². The second-order valence-corrected chi connectivity index (χ2v) is 12.0. The molecule has 42 heavy (non-hydrogen) atoms. The minimum atomic E-state index is -4.41. The number of aromatic nitrogens is 3. The molecule has 0 bridgehead atoms. The zero-order valence-corrected chi connectivity index (χ0v) is 23.6. The van der Waals surface area contributed by atoms with Gasteiger partial charge in [0.15, 0.2) is 11.9 Å². The van der Waals surface area contributed by atoms with E-state index in [1.54, 1.807) is 31.5 Å². The van der Waals surface area contributed by atoms with Gasteiger partial charge in [-0.1, -0.05) is 12.1 Å². The topological polar surface area (TPSA) is 134 Å². The van der Waals surface area contributed by atoms with Crippen LogP contribution in [0.25, 0.3) is 10.9 Å². The summed E-state index contributed by atoms with van der Waals surface area (Å²) in [6, 6.07) is 9.79. The second-order valence-electron chi connectivity index (χ2n) is 12.0. The largest absolute Gasteiger partial charge is 0.458 e. The molecular weight excluding hydrogens is 553 g/mol. The number of ether oxygens (including phenoxy) is 2. The Labute approximate surface area is 240 Å². The maximum absolute atomic E-state index is 14.0. The monoisotopic (exact) mass is 586 g/mol. The smallest absolute Gasteiger partial charge is 0.399 e. The van der Waals surface area contributed by atoms with E-state index in [-0.39, 0.29) is 55.7 Å². The number of H-pyrrole nitrogens is 1. The summed E-state index contributed by atoms with van der Waals surface area (Å²) in [6.45, 7) is 5.37. The number of esters is 1. The van der Waals surface area contributed by atoms with Crippen molar-refractivity contribution in [2.24, 2.45) is 0 Å². The number of nitrogens with zero attached hydrogens (tertiary/aromatic N) is 3. The van der Waals surface area contributed by atoms with E-state index < -0.39 is 40.4 Å². The van der Waals surface area contributed by atoms with Crippen LogP contribution >= 0.6 is 0 Å². The molecule has 0 aliphatic carbocycles. The average Bonchev–Trinajstić information content (AvgIpc) is 3.56. The Kier molecular flexibility index (Phi) is 7.57. The standard InChI is InChI=1S/C29H33F3N6O4/c1-26(2,3)42-25(40)21-8-10-27(11-13-33,17-41-21)38-20-9-14-35-24(39)22(20)23(37-38)36-19-6-4-18(5-7-19)28(29(30,31)32)12-15-34-16-28/h4-7,9,14,21,34H,8,10-12,15-17H2,1-3H3,(H,35,39)(H,36,37). The van der Waals surface area contributed by atoms with Gasteiger partial charge in [0.05, 0.1) is 30.2 Å². The maximum Gasteiger partial charge on any atom is 0.399 e. The second kappa shape index (κ2) is 10.7. The molecule has 0 saturated carbocycles. The third kappa shape index (κ3) is 5.36. The molecule has 2 aromatic heterocycles. The number of aromatic amines is 1. The molecule has 0 spiro atoms. The number of pyridine rings is 1. The molecule has 2 aliphatic heterocycles. The fourth-order valence-electron chi connectivity index (χ4n) is 5.77. The Morgan fingerprint density at radius 2 is 1.98 bits per heavy atom. The zero-order valence-electron chi connectivity index (χ0n) is 23.6. The SMILES string of the molecule is CC(C)(C)OC(=O)C1CCC(CC#N)(n2nc(Nc3ccc(C4(C(F)(F)F)CCNC4)cc3)c3c(=O)[nH]ccc32)CO1. The number of carbonyl (C=O) groups excluding carboxylic acids is 1. The van der Waals surface area contributed by atoms with Crippen molar-refractivity contribution in [3.05, 3.63) is 52.4 Å². The summed E-state index contributed by atoms with van der Waals surface area (Å²) in [5, 5.41) is 20.5. The number of carbonyl (C=O) groups is 1. The van der Waals surface area contributed by atoms with E-state index in [0.29, 0.717) is 17.6 Å². The highest BCUT2D eigenvalue weighted by Crippen LogP contribution is 2.46. The Bertz CT molecular complexity index is 1550. The average molecular weight is 587 g/mol. The van der Waals surface area contributed by atoms with Crippen LogP contribution in [0.2, 0.25) is 0 Å². The van der Waals surface area contributed by atoms with Crippen molar-refractivity contribution in [2.75, 3.05) is 25.0 Å². The maximum atomic E-state index is 14.0. The molecule has 1 aromatic carbocycles. The molecule has 3 aromatic rings. The summed E-state index contributed by atoms with van der Waals surface area (Å²) in [4.78, 5) is 28.2. The highest BCUT2D eigenvalue weighted by atomic mass is 19.4. The van der Waals surface area contributed by atoms with E-state index in [4.69, 9.17) is 14.6 Å². The number of anilines is 2. The number of nitriles is 1. The number of hydrogen-bond acceptors (Lipinski definition) is 8. The number of alkyl halides is 3. The summed E-state index contributed by atoms with van der Waals surface area (Å²) in [5.74, 6) is -0.305. The normalized spacial score (nSPS) is 24.8. The molecule has 0 amide bonds. The fourth-order valence-corrected chi connectivity index (χ4v) is 5.77. The van der Waals surface area contributed by atoms with Gasteiger partial charge in [0.2, 0.25) is 0 Å². The van der Waals surface area contributed by atoms with Crippen molar-refractivity contribution in [1.29, 1.82) is 5.26 Å². The van der Waals surface area contributed by atoms with Gasteiger partial charge >= 0.3 is 12.1 Å². The summed E-state index contributed by atoms with van der Waals surface area (Å²) in [7, 11) is 0. The number of fused-ring (bicyclic) bond motifs is 1. The van der Waals surface area contributed by atoms with Gasteiger partial charge in [0, 0.05) is 18.4 Å². The van der Waals surface area contributed by atoms with Crippen molar-refractivity contribution < 1.29 is 27.4 Å². The van der Waals surface area contributed by atoms with Crippen molar-refractivity contribution in [2.45, 2.75) is 75.3 Å². The highest BCUT2D eigenvalue weighted by molar-refractivity contribution is 5.91. The van der Waals surface area contributed by atoms with E-state index in [0.717, 1.165) is 0 Å². The van der Waals surface area contributed by atoms with Crippen LogP contribution < -0.4 is 16.2 Å². The lowest BCUT2D eigenvalue weighted by Crippen LogP contribution is -2.47. The van der Waals surface area contributed by atoms with Gasteiger partial charge < -0.3 is 25.1 Å². The van der Waals surface area contributed by atoms with Crippen molar-refractivity contribution in [3.8, 4) is 6.07 Å². The van der Waals surface area contributed by atoms with Gasteiger partial charge in [-0.3, -0.25) is 9.48 Å². The summed E-state index contributed by atoms with van der Waals surface area (Å²) in [5.41, 5.74) is -3.00. The molecule has 2 saturated heterocycles. The van der Waals surface area contributed by atoms with Crippen LogP contribution in [0.4, 0.5) is 24.7 Å². The third-order valence-electron chi connectivity index (χ3n) is 7.95. The molecular formula is C29H33F3N6O4. The van der Waals surface area contributed by atoms with Crippen LogP contribution in [-0.4, -0.2) is 58.3 Å². The number of hydrogen-bond donors (Lipinski definition) is 3. The molecule has 3 unspecified atom stereocenters. The van der Waals surface area contributed by atoms with Crippen LogP contribution in [0.3, 0.4) is 0 Å². The molecule has 2 aliphatic rings. The van der Waals surface area contributed by atoms with Crippen LogP contribution in [0.1, 0.15) is 52.0 Å². The van der Waals surface area contributed by atoms with Crippen LogP contribution in [0, 0.1) is 11.3 Å². The molecule has 2 fully saturated rings. The van der Waals surface area contributed by atoms with Gasteiger partial charge in [0.25, 0.3) is 5.56 Å². The third-order valence-corrected chi connectivity index (χ3v) is 7.95. The zero-order chi connectivity index (χ0) is 30.3. The van der Waals surface area contributed by atoms with Crippen molar-refractivity contribution in [3.63, 3.8) is 0 Å². The summed E-state index contributed by atoms with van der Waals surface area (Å²) < 4.78 is 55.0. The highest BCUT2D eigenvalue weighted by Gasteiger charge is 2.57. The predicted molar refractivity (Wildman–Crippen MR) is 148 cm³/mol. The quantitative estimate of drug-likeness (QED) is 0.362. The first-order chi connectivity index (χ1) is 19.8. The van der Waals surface area contributed by atoms with Gasteiger partial charge in [0.1, 0.15) is 16.4 Å². The first-order valence-electron chi connectivity index (χ1n) is 13.8. The van der Waals surface area contributed by atoms with Crippen LogP contribution in [0.15, 0.2) is 41.3 Å². The fraction of sp³-hybridized carbons (Fsp3) is 0.517. The molecule has 4 heterocycles. The number of nitrogens with one attached hydrogen (secondary N) is 3. The van der Waals surface area contributed by atoms with Gasteiger partial charge in [-0.25, -0.2) is 4.79 Å². The number of benzene rings is 1. The van der Waals surface area contributed by atoms with Crippen molar-refractivity contribution in [1.82, 2.24) is 20.1 Å². The minimum Gasteiger partial charge on any atom is -0.458 e. The molecule has 5 rings (SSSR count). The predicted octanol–water partition coefficient (Wildman–Crippen LogP) is 4.39. The first kappa shape index (κ1) is 29.6.